The van der Waals surface area contributed by atoms with Gasteiger partial charge in [0.25, 0.3) is 0 Å². The van der Waals surface area contributed by atoms with Crippen LogP contribution in [0.15, 0.2) is 328 Å². The predicted molar refractivity (Wildman–Crippen MR) is 472 cm³/mol. The fourth-order valence-electron chi connectivity index (χ4n) is 19.1. The van der Waals surface area contributed by atoms with Crippen LogP contribution in [0, 0.1) is 0 Å². The van der Waals surface area contributed by atoms with E-state index in [1.54, 1.807) is 0 Å². The van der Waals surface area contributed by atoms with E-state index in [0.717, 1.165) is 0 Å². The normalized spacial score (nSPS) is 14.3. The molecule has 15 aromatic carbocycles. The topological polar surface area (TPSA) is 9.72 Å². The van der Waals surface area contributed by atoms with E-state index in [9.17, 15) is 0 Å². The third kappa shape index (κ3) is 12.0. The average molecular weight is 1430 g/mol. The lowest BCUT2D eigenvalue weighted by molar-refractivity contribution is 0.659. The summed E-state index contributed by atoms with van der Waals surface area (Å²) in [6.45, 7) is 32.5. The molecule has 4 aliphatic rings. The Morgan fingerprint density at radius 2 is 0.491 bits per heavy atom. The smallest absolute Gasteiger partial charge is 0.0493 e. The van der Waals surface area contributed by atoms with Gasteiger partial charge in [-0.1, -0.05) is 310 Å². The van der Waals surface area contributed by atoms with Crippen molar-refractivity contribution in [3.63, 3.8) is 0 Å². The molecule has 19 rings (SSSR count). The van der Waals surface area contributed by atoms with E-state index in [2.05, 4.69) is 439 Å². The van der Waals surface area contributed by atoms with Gasteiger partial charge in [-0.3, -0.25) is 0 Å². The Hall–Kier alpha value is -11.8. The minimum atomic E-state index is -0.0142. The number of benzene rings is 15. The summed E-state index contributed by atoms with van der Waals surface area (Å²) in [6, 6.07) is 122. The average Bonchev–Trinajstić information content (AvgIpc) is 1.59. The SMILES string of the molecule is CC(C)N(c1ccc(-c2ccc3c(c2)C(C)(C)c2ccccc2-3)cc1)c1ccc2c(c1)C(C)(C)c1ccccc1-2.CC(C)N(c1ccc2c(c1)C(C)(C)c1ccccc1-2)c1ccccc1-c1cccc2ccccc12.CC(C)N(c1cccc(-c2cccc3ccccc23)c1)c1ccc2c(c1)C(C)(C)c1ccccc1-2. The maximum Gasteiger partial charge on any atom is 0.0493 e. The van der Waals surface area contributed by atoms with Crippen LogP contribution >= 0.6 is 0 Å². The molecular weight excluding hydrogens is 1330 g/mol. The third-order valence-corrected chi connectivity index (χ3v) is 24.6. The van der Waals surface area contributed by atoms with Gasteiger partial charge in [-0.15, -0.1) is 0 Å². The van der Waals surface area contributed by atoms with Crippen molar-refractivity contribution in [1.82, 2.24) is 0 Å². The molecule has 0 atom stereocenters. The summed E-state index contributed by atoms with van der Waals surface area (Å²) in [6.07, 6.45) is 0. The first kappa shape index (κ1) is 71.2. The summed E-state index contributed by atoms with van der Waals surface area (Å²) in [4.78, 5) is 7.43. The first-order valence-electron chi connectivity index (χ1n) is 39.7. The van der Waals surface area contributed by atoms with Gasteiger partial charge in [-0.25, -0.2) is 0 Å². The minimum Gasteiger partial charge on any atom is -0.339 e. The molecule has 0 saturated heterocycles. The summed E-state index contributed by atoms with van der Waals surface area (Å²) >= 11 is 0. The Morgan fingerprint density at radius 3 is 0.945 bits per heavy atom. The van der Waals surface area contributed by atoms with Gasteiger partial charge in [0.1, 0.15) is 0 Å². The van der Waals surface area contributed by atoms with E-state index in [-0.39, 0.29) is 21.7 Å². The van der Waals surface area contributed by atoms with Gasteiger partial charge in [0.05, 0.1) is 0 Å². The number of anilines is 6. The summed E-state index contributed by atoms with van der Waals surface area (Å²) in [5, 5.41) is 5.13. The van der Waals surface area contributed by atoms with E-state index in [4.69, 9.17) is 0 Å². The van der Waals surface area contributed by atoms with Crippen molar-refractivity contribution in [3.05, 3.63) is 372 Å². The lowest BCUT2D eigenvalue weighted by Gasteiger charge is -2.33. The number of fused-ring (bicyclic) bond motifs is 14. The molecule has 110 heavy (non-hydrogen) atoms. The monoisotopic (exact) mass is 1430 g/mol. The Labute approximate surface area is 652 Å². The molecule has 0 aliphatic heterocycles. The molecule has 0 fully saturated rings. The molecule has 3 nitrogen and oxygen atoms in total. The number of hydrogen-bond donors (Lipinski definition) is 0. The molecule has 3 heteroatoms. The van der Waals surface area contributed by atoms with E-state index >= 15 is 0 Å². The maximum absolute atomic E-state index is 2.50. The molecule has 0 radical (unpaired) electrons. The van der Waals surface area contributed by atoms with E-state index in [1.807, 2.05) is 0 Å². The zero-order chi connectivity index (χ0) is 76.1. The second-order valence-electron chi connectivity index (χ2n) is 33.7. The molecule has 0 spiro atoms. The molecule has 15 aromatic rings. The highest BCUT2D eigenvalue weighted by atomic mass is 15.2. The van der Waals surface area contributed by atoms with Crippen LogP contribution < -0.4 is 14.7 Å². The van der Waals surface area contributed by atoms with Crippen molar-refractivity contribution in [3.8, 4) is 77.9 Å². The lowest BCUT2D eigenvalue weighted by Crippen LogP contribution is -2.26. The summed E-state index contributed by atoms with van der Waals surface area (Å²) < 4.78 is 0. The molecule has 542 valence electrons. The van der Waals surface area contributed by atoms with Crippen molar-refractivity contribution >= 4 is 55.7 Å². The first-order valence-corrected chi connectivity index (χ1v) is 39.7. The van der Waals surface area contributed by atoms with Crippen molar-refractivity contribution in [2.24, 2.45) is 0 Å². The van der Waals surface area contributed by atoms with Gasteiger partial charge in [-0.05, 0) is 253 Å². The zero-order valence-corrected chi connectivity index (χ0v) is 66.3. The number of nitrogens with zero attached hydrogens (tertiary/aromatic N) is 3. The molecule has 0 aromatic heterocycles. The Bertz CT molecular complexity index is 6040. The second-order valence-corrected chi connectivity index (χ2v) is 33.7. The van der Waals surface area contributed by atoms with E-state index < -0.39 is 0 Å². The predicted octanol–water partition coefficient (Wildman–Crippen LogP) is 29.2. The van der Waals surface area contributed by atoms with Gasteiger partial charge in [0, 0.05) is 79.5 Å². The zero-order valence-electron chi connectivity index (χ0n) is 66.3. The highest BCUT2D eigenvalue weighted by Crippen LogP contribution is 2.55. The van der Waals surface area contributed by atoms with Crippen LogP contribution in [0.5, 0.6) is 0 Å². The van der Waals surface area contributed by atoms with Crippen molar-refractivity contribution in [1.29, 1.82) is 0 Å². The van der Waals surface area contributed by atoms with Gasteiger partial charge >= 0.3 is 0 Å². The summed E-state index contributed by atoms with van der Waals surface area (Å²) in [5.41, 5.74) is 37.3. The first-order chi connectivity index (χ1) is 53.1. The third-order valence-electron chi connectivity index (χ3n) is 24.6. The van der Waals surface area contributed by atoms with E-state index in [0.29, 0.717) is 18.1 Å². The van der Waals surface area contributed by atoms with E-state index in [1.165, 1.54) is 178 Å². The largest absolute Gasteiger partial charge is 0.339 e. The van der Waals surface area contributed by atoms with Crippen molar-refractivity contribution < 1.29 is 0 Å². The highest BCUT2D eigenvalue weighted by Gasteiger charge is 2.40. The molecule has 0 bridgehead atoms. The van der Waals surface area contributed by atoms with Crippen LogP contribution in [0.2, 0.25) is 0 Å². The molecular formula is C107H99N3. The van der Waals surface area contributed by atoms with Gasteiger partial charge < -0.3 is 14.7 Å². The quantitative estimate of drug-likeness (QED) is 0.121. The summed E-state index contributed by atoms with van der Waals surface area (Å²) in [5.74, 6) is 0. The molecule has 4 aliphatic carbocycles. The van der Waals surface area contributed by atoms with Gasteiger partial charge in [-0.2, -0.15) is 0 Å². The molecule has 0 N–H and O–H groups in total. The lowest BCUT2D eigenvalue weighted by atomic mass is 9.81. The van der Waals surface area contributed by atoms with Gasteiger partial charge in [0.2, 0.25) is 0 Å². The van der Waals surface area contributed by atoms with Crippen LogP contribution in [0.1, 0.15) is 141 Å². The molecule has 0 unspecified atom stereocenters. The fourth-order valence-corrected chi connectivity index (χ4v) is 19.1. The van der Waals surface area contributed by atoms with Crippen molar-refractivity contribution in [2.75, 3.05) is 14.7 Å². The van der Waals surface area contributed by atoms with Crippen molar-refractivity contribution in [2.45, 2.75) is 137 Å². The van der Waals surface area contributed by atoms with Crippen LogP contribution in [0.4, 0.5) is 34.1 Å². The number of para-hydroxylation sites is 1. The van der Waals surface area contributed by atoms with Crippen LogP contribution in [0.3, 0.4) is 0 Å². The standard InChI is InChI=1S/C39H37N.2C34H31N/c1-25(2)40(29-20-22-33-31-12-8-10-14-35(31)39(5,6)37(33)24-29)28-18-15-26(16-19-28)27-17-21-32-30-11-7-9-13-34(30)38(3,4)36(32)23-27;1-23(2)35(25-20-21-29-28-15-7-9-18-31(28)34(3,4)32(29)22-25)33-19-10-8-16-30(33)27-17-11-13-24-12-5-6-14-26(24)27;1-23(2)35(27-19-20-31-30-16-7-8-18-32(30)34(3,4)33(31)22-27)26-14-9-13-25(21-26)29-17-10-12-24-11-5-6-15-28(24)29/h7-25H,1-6H3;2*5-23H,1-4H3. The highest BCUT2D eigenvalue weighted by molar-refractivity contribution is 6.01. The Balaban J connectivity index is 0.000000121. The Morgan fingerprint density at radius 1 is 0.191 bits per heavy atom. The van der Waals surface area contributed by atoms with Gasteiger partial charge in [0.15, 0.2) is 0 Å². The minimum absolute atomic E-state index is 0.00452. The molecule has 0 heterocycles. The second kappa shape index (κ2) is 27.7. The fraction of sp³-hybridized carbons (Fsp3) is 0.196. The number of rotatable bonds is 12. The Kier molecular flexibility index (Phi) is 17.9. The van der Waals surface area contributed by atoms with Crippen LogP contribution in [0.25, 0.3) is 99.4 Å². The maximum atomic E-state index is 2.50. The molecule has 0 saturated carbocycles. The van der Waals surface area contributed by atoms with Crippen LogP contribution in [-0.4, -0.2) is 18.1 Å². The number of hydrogen-bond acceptors (Lipinski definition) is 3. The van der Waals surface area contributed by atoms with Crippen LogP contribution in [-0.2, 0) is 21.7 Å². The molecule has 0 amide bonds. The summed E-state index contributed by atoms with van der Waals surface area (Å²) in [7, 11) is 0.